The van der Waals surface area contributed by atoms with Crippen molar-refractivity contribution in [3.63, 3.8) is 0 Å². The average molecular weight is 278 g/mol. The molecule has 5 nitrogen and oxygen atoms in total. The van der Waals surface area contributed by atoms with Gasteiger partial charge in [0.25, 0.3) is 0 Å². The molecule has 110 valence electrons. The molecule has 18 heavy (non-hydrogen) atoms. The maximum Gasteiger partial charge on any atom is 0.500 e. The molecule has 0 heterocycles. The summed E-state index contributed by atoms with van der Waals surface area (Å²) in [5, 5.41) is 0. The smallest absolute Gasteiger partial charge is 0.374 e. The van der Waals surface area contributed by atoms with E-state index >= 15 is 0 Å². The van der Waals surface area contributed by atoms with Gasteiger partial charge in [0.05, 0.1) is 0 Å². The fourth-order valence-electron chi connectivity index (χ4n) is 1.96. The van der Waals surface area contributed by atoms with E-state index in [4.69, 9.17) is 24.7 Å². The van der Waals surface area contributed by atoms with Crippen LogP contribution in [0.2, 0.25) is 6.04 Å². The number of hydrogen-bond donors (Lipinski definition) is 2. The number of nitrogens with two attached hydrogens (primary N) is 2. The van der Waals surface area contributed by atoms with Gasteiger partial charge in [-0.3, -0.25) is 0 Å². The summed E-state index contributed by atoms with van der Waals surface area (Å²) in [6, 6.07) is 0.969. The second-order valence-corrected chi connectivity index (χ2v) is 7.23. The Labute approximate surface area is 113 Å². The van der Waals surface area contributed by atoms with Gasteiger partial charge in [0, 0.05) is 37.9 Å². The van der Waals surface area contributed by atoms with Crippen LogP contribution in [-0.4, -0.2) is 40.7 Å². The van der Waals surface area contributed by atoms with Crippen molar-refractivity contribution in [1.82, 2.24) is 0 Å². The summed E-state index contributed by atoms with van der Waals surface area (Å²) in [6.07, 6.45) is 1.64. The van der Waals surface area contributed by atoms with Crippen molar-refractivity contribution >= 4 is 8.80 Å². The van der Waals surface area contributed by atoms with Gasteiger partial charge in [-0.2, -0.15) is 0 Å². The van der Waals surface area contributed by atoms with Crippen molar-refractivity contribution in [3.8, 4) is 0 Å². The van der Waals surface area contributed by atoms with E-state index in [0.717, 1.165) is 18.9 Å². The molecule has 0 spiro atoms. The third-order valence-corrected chi connectivity index (χ3v) is 5.68. The zero-order valence-corrected chi connectivity index (χ0v) is 13.3. The van der Waals surface area contributed by atoms with Crippen molar-refractivity contribution in [1.29, 1.82) is 0 Å². The molecule has 2 atom stereocenters. The van der Waals surface area contributed by atoms with E-state index in [0.29, 0.717) is 19.8 Å². The largest absolute Gasteiger partial charge is 0.500 e. The molecule has 0 amide bonds. The quantitative estimate of drug-likeness (QED) is 0.560. The predicted octanol–water partition coefficient (Wildman–Crippen LogP) is 1.49. The van der Waals surface area contributed by atoms with Crippen LogP contribution < -0.4 is 11.5 Å². The summed E-state index contributed by atoms with van der Waals surface area (Å²) in [4.78, 5) is 0. The Kier molecular flexibility index (Phi) is 9.89. The van der Waals surface area contributed by atoms with E-state index in [9.17, 15) is 0 Å². The fourth-order valence-corrected chi connectivity index (χ4v) is 4.69. The summed E-state index contributed by atoms with van der Waals surface area (Å²) in [5.41, 5.74) is 11.8. The third kappa shape index (κ3) is 7.45. The van der Waals surface area contributed by atoms with Crippen LogP contribution in [0.3, 0.4) is 0 Å². The zero-order chi connectivity index (χ0) is 14.0. The molecular weight excluding hydrogens is 248 g/mol. The Morgan fingerprint density at radius 1 is 0.944 bits per heavy atom. The molecule has 0 aliphatic heterocycles. The van der Waals surface area contributed by atoms with Gasteiger partial charge in [-0.1, -0.05) is 0 Å². The second kappa shape index (κ2) is 9.88. The molecule has 0 aliphatic carbocycles. The van der Waals surface area contributed by atoms with Crippen molar-refractivity contribution in [3.05, 3.63) is 0 Å². The lowest BCUT2D eigenvalue weighted by Crippen LogP contribution is -2.47. The molecule has 0 radical (unpaired) electrons. The molecule has 0 fully saturated rings. The van der Waals surface area contributed by atoms with Crippen LogP contribution in [0.4, 0.5) is 0 Å². The highest BCUT2D eigenvalue weighted by Crippen LogP contribution is 2.19. The average Bonchev–Trinajstić information content (AvgIpc) is 2.27. The Hall–Kier alpha value is 0.0169. The van der Waals surface area contributed by atoms with Crippen LogP contribution in [-0.2, 0) is 13.3 Å². The van der Waals surface area contributed by atoms with Crippen LogP contribution in [0.15, 0.2) is 0 Å². The molecule has 0 aliphatic rings. The van der Waals surface area contributed by atoms with E-state index in [1.54, 1.807) is 0 Å². The molecule has 2 unspecified atom stereocenters. The molecule has 0 aromatic rings. The van der Waals surface area contributed by atoms with Gasteiger partial charge in [0.15, 0.2) is 0 Å². The van der Waals surface area contributed by atoms with Crippen LogP contribution in [0.1, 0.15) is 40.5 Å². The van der Waals surface area contributed by atoms with Crippen LogP contribution >= 0.6 is 0 Å². The molecule has 0 aromatic carbocycles. The van der Waals surface area contributed by atoms with Gasteiger partial charge >= 0.3 is 8.80 Å². The minimum absolute atomic E-state index is 0.0817. The van der Waals surface area contributed by atoms with E-state index in [2.05, 4.69) is 0 Å². The molecule has 4 N–H and O–H groups in total. The summed E-state index contributed by atoms with van der Waals surface area (Å²) >= 11 is 0. The highest BCUT2D eigenvalue weighted by molar-refractivity contribution is 6.60. The monoisotopic (exact) mass is 278 g/mol. The first-order chi connectivity index (χ1) is 8.49. The fraction of sp³-hybridized carbons (Fsp3) is 1.00. The topological polar surface area (TPSA) is 79.7 Å². The highest BCUT2D eigenvalue weighted by atomic mass is 28.4. The maximum atomic E-state index is 6.05. The van der Waals surface area contributed by atoms with E-state index in [1.807, 2.05) is 27.7 Å². The van der Waals surface area contributed by atoms with Gasteiger partial charge in [0.2, 0.25) is 0 Å². The van der Waals surface area contributed by atoms with Crippen LogP contribution in [0.25, 0.3) is 0 Å². The standard InChI is InChI=1S/C12H30N2O3Si/c1-5-15-18(16-6-2,17-7-3)9-8-12(14)10-11(4)13/h11-12H,5-10,13-14H2,1-4H3. The summed E-state index contributed by atoms with van der Waals surface area (Å²) < 4.78 is 17.3. The third-order valence-electron chi connectivity index (χ3n) is 2.59. The normalized spacial score (nSPS) is 15.7. The zero-order valence-electron chi connectivity index (χ0n) is 12.3. The van der Waals surface area contributed by atoms with Crippen molar-refractivity contribution in [2.24, 2.45) is 11.5 Å². The molecule has 0 saturated carbocycles. The second-order valence-electron chi connectivity index (χ2n) is 4.49. The Bertz CT molecular complexity index is 189. The lowest BCUT2D eigenvalue weighted by atomic mass is 10.1. The van der Waals surface area contributed by atoms with Crippen molar-refractivity contribution < 1.29 is 13.3 Å². The molecule has 0 saturated heterocycles. The molecular formula is C12H30N2O3Si. The van der Waals surface area contributed by atoms with Gasteiger partial charge in [-0.05, 0) is 40.5 Å². The minimum atomic E-state index is -2.53. The van der Waals surface area contributed by atoms with Crippen LogP contribution in [0.5, 0.6) is 0 Å². The van der Waals surface area contributed by atoms with Gasteiger partial charge in [0.1, 0.15) is 0 Å². The summed E-state index contributed by atoms with van der Waals surface area (Å²) in [6.45, 7) is 9.67. The molecule has 0 bridgehead atoms. The first kappa shape index (κ1) is 18.0. The SMILES string of the molecule is CCO[Si](CCC(N)CC(C)N)(OCC)OCC. The minimum Gasteiger partial charge on any atom is -0.374 e. The van der Waals surface area contributed by atoms with Gasteiger partial charge in [-0.15, -0.1) is 0 Å². The van der Waals surface area contributed by atoms with E-state index < -0.39 is 8.80 Å². The van der Waals surface area contributed by atoms with Crippen molar-refractivity contribution in [2.75, 3.05) is 19.8 Å². The number of hydrogen-bond acceptors (Lipinski definition) is 5. The summed E-state index contributed by atoms with van der Waals surface area (Å²) in [5.74, 6) is 0. The number of rotatable bonds is 11. The van der Waals surface area contributed by atoms with E-state index in [-0.39, 0.29) is 12.1 Å². The maximum absolute atomic E-state index is 6.05. The first-order valence-electron chi connectivity index (χ1n) is 6.92. The lowest BCUT2D eigenvalue weighted by molar-refractivity contribution is 0.0702. The molecule has 6 heteroatoms. The van der Waals surface area contributed by atoms with Gasteiger partial charge in [-0.25, -0.2) is 0 Å². The summed E-state index contributed by atoms with van der Waals surface area (Å²) in [7, 11) is -2.53. The van der Waals surface area contributed by atoms with Crippen LogP contribution in [0, 0.1) is 0 Å². The first-order valence-corrected chi connectivity index (χ1v) is 8.85. The Morgan fingerprint density at radius 2 is 1.39 bits per heavy atom. The highest BCUT2D eigenvalue weighted by Gasteiger charge is 2.40. The molecule has 0 rings (SSSR count). The lowest BCUT2D eigenvalue weighted by Gasteiger charge is -2.29. The van der Waals surface area contributed by atoms with Gasteiger partial charge < -0.3 is 24.7 Å². The Morgan fingerprint density at radius 3 is 1.72 bits per heavy atom. The Balaban J connectivity index is 4.36. The molecule has 0 aromatic heterocycles. The van der Waals surface area contributed by atoms with Crippen molar-refractivity contribution in [2.45, 2.75) is 58.7 Å². The predicted molar refractivity (Wildman–Crippen MR) is 76.3 cm³/mol. The van der Waals surface area contributed by atoms with E-state index in [1.165, 1.54) is 0 Å².